The fourth-order valence-electron chi connectivity index (χ4n) is 8.24. The highest BCUT2D eigenvalue weighted by Crippen LogP contribution is 2.38. The van der Waals surface area contributed by atoms with Gasteiger partial charge in [0.05, 0.1) is 42.9 Å². The van der Waals surface area contributed by atoms with E-state index in [2.05, 4.69) is 16.0 Å². The van der Waals surface area contributed by atoms with E-state index in [1.165, 1.54) is 27.2 Å². The number of halogens is 3. The summed E-state index contributed by atoms with van der Waals surface area (Å²) in [5.41, 5.74) is 5.58. The highest BCUT2D eigenvalue weighted by atomic mass is 35.5. The van der Waals surface area contributed by atoms with Gasteiger partial charge in [-0.15, -0.1) is 0 Å². The molecule has 2 aromatic heterocycles. The number of anilines is 3. The van der Waals surface area contributed by atoms with Crippen molar-refractivity contribution in [2.24, 2.45) is 0 Å². The van der Waals surface area contributed by atoms with Crippen LogP contribution in [0.3, 0.4) is 0 Å². The Morgan fingerprint density at radius 1 is 0.946 bits per heavy atom. The number of pyridine rings is 1. The molecule has 13 heteroatoms. The summed E-state index contributed by atoms with van der Waals surface area (Å²) in [4.78, 5) is 42.2. The molecule has 3 aliphatic rings. The van der Waals surface area contributed by atoms with Crippen molar-refractivity contribution in [1.29, 1.82) is 0 Å². The molecule has 5 heterocycles. The molecule has 1 atom stereocenters. The summed E-state index contributed by atoms with van der Waals surface area (Å²) >= 11 is 6.62. The molecule has 10 nitrogen and oxygen atoms in total. The number of nitrogens with zero attached hydrogens (tertiary/aromatic N) is 6. The van der Waals surface area contributed by atoms with Gasteiger partial charge in [-0.3, -0.25) is 19.4 Å². The number of carbonyl (C=O) groups is 2. The Morgan fingerprint density at radius 3 is 2.45 bits per heavy atom. The van der Waals surface area contributed by atoms with Crippen LogP contribution in [0.5, 0.6) is 5.75 Å². The zero-order chi connectivity index (χ0) is 39.1. The van der Waals surface area contributed by atoms with E-state index in [-0.39, 0.29) is 29.0 Å². The molecular formula is C43H43ClF2N6O4. The Balaban J connectivity index is 1.22. The average molecular weight is 781 g/mol. The number of amides is 2. The maximum atomic E-state index is 14.9. The van der Waals surface area contributed by atoms with E-state index in [1.54, 1.807) is 49.5 Å². The van der Waals surface area contributed by atoms with E-state index in [1.807, 2.05) is 41.1 Å². The van der Waals surface area contributed by atoms with Gasteiger partial charge in [0.2, 0.25) is 0 Å². The molecule has 0 spiro atoms. The number of benzene rings is 3. The zero-order valence-corrected chi connectivity index (χ0v) is 32.1. The number of rotatable bonds is 9. The van der Waals surface area contributed by atoms with Crippen molar-refractivity contribution < 1.29 is 28.2 Å². The summed E-state index contributed by atoms with van der Waals surface area (Å²) in [5, 5.41) is 10.4. The van der Waals surface area contributed by atoms with Crippen LogP contribution in [0, 0.1) is 6.92 Å². The van der Waals surface area contributed by atoms with Crippen molar-refractivity contribution in [2.75, 3.05) is 56.2 Å². The van der Waals surface area contributed by atoms with Crippen molar-refractivity contribution in [1.82, 2.24) is 19.4 Å². The molecule has 1 saturated heterocycles. The Hall–Kier alpha value is -5.30. The zero-order valence-electron chi connectivity index (χ0n) is 31.3. The second-order valence-electron chi connectivity index (χ2n) is 14.7. The molecule has 0 bridgehead atoms. The molecular weight excluding hydrogens is 738 g/mol. The first-order valence-corrected chi connectivity index (χ1v) is 19.2. The van der Waals surface area contributed by atoms with Crippen LogP contribution >= 0.6 is 11.6 Å². The molecule has 3 aromatic carbocycles. The second-order valence-corrected chi connectivity index (χ2v) is 15.1. The molecule has 0 radical (unpaired) electrons. The number of alkyl halides is 2. The predicted molar refractivity (Wildman–Crippen MR) is 212 cm³/mol. The summed E-state index contributed by atoms with van der Waals surface area (Å²) < 4.78 is 35.9. The van der Waals surface area contributed by atoms with Gasteiger partial charge in [0, 0.05) is 73.3 Å². The van der Waals surface area contributed by atoms with Crippen LogP contribution in [0.25, 0.3) is 11.3 Å². The largest absolute Gasteiger partial charge is 0.508 e. The minimum atomic E-state index is -2.76. The number of ether oxygens (including phenoxy) is 1. The second kappa shape index (κ2) is 15.7. The lowest BCUT2D eigenvalue weighted by Crippen LogP contribution is -2.52. The number of phenols is 1. The lowest BCUT2D eigenvalue weighted by molar-refractivity contribution is 0.0193. The summed E-state index contributed by atoms with van der Waals surface area (Å²) in [6.45, 7) is 5.55. The number of fused-ring (bicyclic) bond motifs is 2. The normalized spacial score (nSPS) is 16.9. The third-order valence-corrected chi connectivity index (χ3v) is 11.4. The first kappa shape index (κ1) is 37.6. The number of aromatic nitrogens is 2. The van der Waals surface area contributed by atoms with E-state index >= 15 is 0 Å². The molecule has 5 aromatic rings. The minimum absolute atomic E-state index is 0.0268. The minimum Gasteiger partial charge on any atom is -0.508 e. The summed E-state index contributed by atoms with van der Waals surface area (Å²) in [6.07, 6.45) is 0.279. The fraction of sp³-hybridized carbons (Fsp3) is 0.326. The Labute approximate surface area is 329 Å². The van der Waals surface area contributed by atoms with Gasteiger partial charge in [-0.1, -0.05) is 35.9 Å². The van der Waals surface area contributed by atoms with E-state index in [4.69, 9.17) is 16.3 Å². The smallest absolute Gasteiger partial charge is 0.264 e. The van der Waals surface area contributed by atoms with E-state index < -0.39 is 18.9 Å². The van der Waals surface area contributed by atoms with Crippen molar-refractivity contribution in [2.45, 2.75) is 45.3 Å². The lowest BCUT2D eigenvalue weighted by atomic mass is 9.92. The van der Waals surface area contributed by atoms with Crippen LogP contribution in [-0.2, 0) is 30.7 Å². The van der Waals surface area contributed by atoms with Gasteiger partial charge in [-0.05, 0) is 91.1 Å². The third kappa shape index (κ3) is 7.36. The number of phenolic OH excluding ortho intramolecular Hbond substituents is 1. The van der Waals surface area contributed by atoms with E-state index in [0.29, 0.717) is 65.9 Å². The van der Waals surface area contributed by atoms with E-state index in [0.717, 1.165) is 43.0 Å². The highest BCUT2D eigenvalue weighted by Gasteiger charge is 2.35. The first-order chi connectivity index (χ1) is 27.0. The number of aromatic hydroxyl groups is 1. The molecule has 290 valence electrons. The third-order valence-electron chi connectivity index (χ3n) is 11.2. The van der Waals surface area contributed by atoms with Crippen LogP contribution in [0.4, 0.5) is 26.0 Å². The van der Waals surface area contributed by atoms with Crippen LogP contribution in [0.2, 0.25) is 5.02 Å². The highest BCUT2D eigenvalue weighted by molar-refractivity contribution is 6.31. The van der Waals surface area contributed by atoms with Gasteiger partial charge in [-0.25, -0.2) is 13.8 Å². The lowest BCUT2D eigenvalue weighted by Gasteiger charge is -2.40. The number of hydrogen-bond acceptors (Lipinski definition) is 7. The molecule has 8 rings (SSSR count). The van der Waals surface area contributed by atoms with Gasteiger partial charge in [0.1, 0.15) is 11.6 Å². The molecule has 0 saturated carbocycles. The molecule has 0 unspecified atom stereocenters. The Morgan fingerprint density at radius 2 is 1.70 bits per heavy atom. The van der Waals surface area contributed by atoms with Crippen molar-refractivity contribution in [3.63, 3.8) is 0 Å². The summed E-state index contributed by atoms with van der Waals surface area (Å²) in [7, 11) is 1.96. The Kier molecular flexibility index (Phi) is 10.5. The maximum absolute atomic E-state index is 14.9. The van der Waals surface area contributed by atoms with Gasteiger partial charge in [-0.2, -0.15) is 0 Å². The SMILES string of the molecule is Cc1c(C(=O)N(c2ccc(O)cc2)c2cnc3c(c2)CCN3C)cc(-c2cc(Cl)ccc2C(=O)N2Cc3ccccc3C[C@H]2CN2CCOCC2)n1CC(F)F. The topological polar surface area (TPSA) is 94.4 Å². The quantitative estimate of drug-likeness (QED) is 0.167. The van der Waals surface area contributed by atoms with Crippen LogP contribution in [0.1, 0.15) is 43.1 Å². The monoisotopic (exact) mass is 780 g/mol. The number of likely N-dealkylation sites (N-methyl/N-ethyl adjacent to an activating group) is 1. The fourth-order valence-corrected chi connectivity index (χ4v) is 8.41. The van der Waals surface area contributed by atoms with Crippen LogP contribution in [0.15, 0.2) is 85.1 Å². The van der Waals surface area contributed by atoms with Gasteiger partial charge >= 0.3 is 0 Å². The summed E-state index contributed by atoms with van der Waals surface area (Å²) in [6, 6.07) is 22.6. The van der Waals surface area contributed by atoms with E-state index in [9.17, 15) is 23.5 Å². The Bertz CT molecular complexity index is 2280. The standard InChI is InChI=1S/C43H43ClF2N6O4/c1-27-37(43(55)52(32-8-10-35(53)11-9-32)33-20-29-13-14-48(2)41(29)47-23-33)22-39(50(27)26-40(45)46)38-21-31(44)7-12-36(38)42(54)51-24-30-6-4-3-5-28(30)19-34(51)25-49-15-17-56-18-16-49/h3-12,20-23,34,40,53H,13-19,24-26H2,1-2H3/t34-/m0/s1. The van der Waals surface area contributed by atoms with Gasteiger partial charge in [0.25, 0.3) is 18.2 Å². The number of hydrogen-bond donors (Lipinski definition) is 1. The molecule has 3 aliphatic heterocycles. The van der Waals surface area contributed by atoms with Gasteiger partial charge in [0.15, 0.2) is 0 Å². The van der Waals surface area contributed by atoms with Crippen molar-refractivity contribution in [3.05, 3.63) is 124 Å². The van der Waals surface area contributed by atoms with Crippen molar-refractivity contribution >= 4 is 40.6 Å². The van der Waals surface area contributed by atoms with Crippen LogP contribution < -0.4 is 9.80 Å². The molecule has 1 fully saturated rings. The molecule has 1 N–H and O–H groups in total. The average Bonchev–Trinajstić information content (AvgIpc) is 3.73. The van der Waals surface area contributed by atoms with Crippen LogP contribution in [-0.4, -0.2) is 95.2 Å². The predicted octanol–water partition coefficient (Wildman–Crippen LogP) is 7.35. The molecule has 56 heavy (non-hydrogen) atoms. The molecule has 2 amide bonds. The molecule has 0 aliphatic carbocycles. The number of morpholine rings is 1. The van der Waals surface area contributed by atoms with Crippen molar-refractivity contribution in [3.8, 4) is 17.0 Å². The number of carbonyl (C=O) groups excluding carboxylic acids is 2. The summed E-state index contributed by atoms with van der Waals surface area (Å²) in [5.74, 6) is 0.123. The van der Waals surface area contributed by atoms with Gasteiger partial charge < -0.3 is 24.2 Å². The first-order valence-electron chi connectivity index (χ1n) is 18.8. The maximum Gasteiger partial charge on any atom is 0.264 e.